The Hall–Kier alpha value is -1.50. The van der Waals surface area contributed by atoms with Crippen molar-refractivity contribution < 1.29 is 4.68 Å². The van der Waals surface area contributed by atoms with Crippen molar-refractivity contribution in [2.45, 2.75) is 5.16 Å². The minimum absolute atomic E-state index is 0.182. The highest BCUT2D eigenvalue weighted by molar-refractivity contribution is 7.58. The minimum Gasteiger partial charge on any atom is -0.724 e. The zero-order chi connectivity index (χ0) is 9.59. The third-order valence-corrected chi connectivity index (χ3v) is 1.95. The van der Waals surface area contributed by atoms with Crippen LogP contribution in [0.15, 0.2) is 9.95 Å². The monoisotopic (exact) mass is 197 g/mol. The van der Waals surface area contributed by atoms with Crippen molar-refractivity contribution in [1.82, 2.24) is 19.9 Å². The summed E-state index contributed by atoms with van der Waals surface area (Å²) in [5, 5.41) is 4.18. The van der Waals surface area contributed by atoms with Crippen LogP contribution < -0.4 is 10.2 Å². The first-order chi connectivity index (χ1) is 6.09. The second-order valence-corrected chi connectivity index (χ2v) is 3.07. The number of hydrogen-bond acceptors (Lipinski definition) is 4. The number of nitrogens with zero attached hydrogens (tertiary/aromatic N) is 4. The summed E-state index contributed by atoms with van der Waals surface area (Å²) >= 11 is 4.78. The van der Waals surface area contributed by atoms with Crippen molar-refractivity contribution in [3.8, 4) is 0 Å². The average molecular weight is 197 g/mol. The summed E-state index contributed by atoms with van der Waals surface area (Å²) in [6.07, 6.45) is 0. The molecular formula is C6H7N5OS. The van der Waals surface area contributed by atoms with Crippen LogP contribution >= 0.6 is 0 Å². The summed E-state index contributed by atoms with van der Waals surface area (Å²) in [4.78, 5) is 17.8. The highest BCUT2D eigenvalue weighted by Gasteiger charge is 2.16. The first kappa shape index (κ1) is 8.11. The fourth-order valence-corrected chi connectivity index (χ4v) is 1.42. The van der Waals surface area contributed by atoms with Gasteiger partial charge in [-0.2, -0.15) is 4.68 Å². The maximum absolute atomic E-state index is 11.4. The van der Waals surface area contributed by atoms with Crippen molar-refractivity contribution in [3.63, 3.8) is 0 Å². The van der Waals surface area contributed by atoms with Crippen molar-refractivity contribution in [3.05, 3.63) is 10.4 Å². The standard InChI is InChI=1S/C6H7N5OS/c1-10-3-4(11(2)9-10)7-6(13)8-5(3)12/h1-2H3,(H-,7,8,9,12,13). The average Bonchev–Trinajstić information content (AvgIpc) is 2.27. The molecule has 0 unspecified atom stereocenters. The molecule has 2 heterocycles. The van der Waals surface area contributed by atoms with Gasteiger partial charge >= 0.3 is 5.65 Å². The number of aromatic nitrogens is 5. The quantitative estimate of drug-likeness (QED) is 0.313. The zero-order valence-electron chi connectivity index (χ0n) is 7.11. The van der Waals surface area contributed by atoms with Crippen LogP contribution in [0.4, 0.5) is 0 Å². The Morgan fingerprint density at radius 2 is 2.31 bits per heavy atom. The normalized spacial score (nSPS) is 10.9. The lowest BCUT2D eigenvalue weighted by Gasteiger charge is -1.95. The smallest absolute Gasteiger partial charge is 0.328 e. The third-order valence-electron chi connectivity index (χ3n) is 1.75. The van der Waals surface area contributed by atoms with Gasteiger partial charge < -0.3 is 17.6 Å². The van der Waals surface area contributed by atoms with Gasteiger partial charge in [0.05, 0.1) is 19.3 Å². The van der Waals surface area contributed by atoms with Gasteiger partial charge in [0.2, 0.25) is 0 Å². The molecule has 2 aromatic rings. The lowest BCUT2D eigenvalue weighted by Crippen LogP contribution is -2.32. The first-order valence-corrected chi connectivity index (χ1v) is 4.01. The Labute approximate surface area is 78.6 Å². The van der Waals surface area contributed by atoms with Gasteiger partial charge in [0.1, 0.15) is 0 Å². The topological polar surface area (TPSA) is 67.5 Å². The third kappa shape index (κ3) is 1.08. The molecule has 0 radical (unpaired) electrons. The molecule has 0 aliphatic rings. The van der Waals surface area contributed by atoms with Crippen molar-refractivity contribution in [2.24, 2.45) is 14.1 Å². The Morgan fingerprint density at radius 3 is 3.00 bits per heavy atom. The lowest BCUT2D eigenvalue weighted by molar-refractivity contribution is -0.710. The first-order valence-electron chi connectivity index (χ1n) is 3.60. The van der Waals surface area contributed by atoms with E-state index in [1.54, 1.807) is 14.1 Å². The van der Waals surface area contributed by atoms with Crippen molar-refractivity contribution in [1.29, 1.82) is 0 Å². The molecule has 0 bridgehead atoms. The Morgan fingerprint density at radius 1 is 1.62 bits per heavy atom. The van der Waals surface area contributed by atoms with Crippen LogP contribution in [0.1, 0.15) is 0 Å². The maximum atomic E-state index is 11.4. The number of aryl methyl sites for hydroxylation is 2. The van der Waals surface area contributed by atoms with Gasteiger partial charge in [0, 0.05) is 5.21 Å². The Balaban J connectivity index is 3.06. The van der Waals surface area contributed by atoms with Crippen LogP contribution in [0.25, 0.3) is 11.2 Å². The molecule has 0 atom stereocenters. The molecule has 2 rings (SSSR count). The van der Waals surface area contributed by atoms with Gasteiger partial charge in [-0.15, -0.1) is 9.67 Å². The largest absolute Gasteiger partial charge is 0.724 e. The molecule has 0 saturated heterocycles. The fourth-order valence-electron chi connectivity index (χ4n) is 1.24. The highest BCUT2D eigenvalue weighted by Crippen LogP contribution is 1.97. The molecule has 0 fully saturated rings. The van der Waals surface area contributed by atoms with Gasteiger partial charge in [0.15, 0.2) is 0 Å². The number of nitrogens with one attached hydrogen (secondary N) is 1. The predicted molar refractivity (Wildman–Crippen MR) is 45.9 cm³/mol. The van der Waals surface area contributed by atoms with E-state index in [1.807, 2.05) is 0 Å². The van der Waals surface area contributed by atoms with Gasteiger partial charge in [-0.05, 0) is 0 Å². The van der Waals surface area contributed by atoms with E-state index in [0.717, 1.165) is 0 Å². The number of rotatable bonds is 0. The van der Waals surface area contributed by atoms with E-state index < -0.39 is 0 Å². The van der Waals surface area contributed by atoms with Gasteiger partial charge in [0.25, 0.3) is 11.1 Å². The molecule has 0 aromatic carbocycles. The van der Waals surface area contributed by atoms with E-state index in [-0.39, 0.29) is 10.7 Å². The number of H-pyrrole nitrogens is 1. The number of hydrogen-bond donors (Lipinski definition) is 1. The molecule has 13 heavy (non-hydrogen) atoms. The Kier molecular flexibility index (Phi) is 1.56. The van der Waals surface area contributed by atoms with Crippen LogP contribution in [-0.2, 0) is 26.7 Å². The molecule has 68 valence electrons. The van der Waals surface area contributed by atoms with Gasteiger partial charge in [-0.3, -0.25) is 4.79 Å². The SMILES string of the molecule is Cn1n[n+](C)c2nc([S-])[nH]c(=O)c21. The van der Waals surface area contributed by atoms with E-state index >= 15 is 0 Å². The van der Waals surface area contributed by atoms with E-state index in [0.29, 0.717) is 11.2 Å². The summed E-state index contributed by atoms with van der Waals surface area (Å²) < 4.78 is 2.98. The van der Waals surface area contributed by atoms with Crippen molar-refractivity contribution in [2.75, 3.05) is 0 Å². The zero-order valence-corrected chi connectivity index (χ0v) is 7.92. The molecule has 7 heteroatoms. The second-order valence-electron chi connectivity index (χ2n) is 2.68. The predicted octanol–water partition coefficient (Wildman–Crippen LogP) is -1.61. The maximum Gasteiger partial charge on any atom is 0.328 e. The summed E-state index contributed by atoms with van der Waals surface area (Å²) in [5.74, 6) is 0. The molecule has 0 aliphatic heterocycles. The molecule has 0 spiro atoms. The molecule has 0 saturated carbocycles. The Bertz CT molecular complexity index is 528. The van der Waals surface area contributed by atoms with Crippen LogP contribution in [0.3, 0.4) is 0 Å². The highest BCUT2D eigenvalue weighted by atomic mass is 32.1. The van der Waals surface area contributed by atoms with E-state index in [4.69, 9.17) is 12.6 Å². The fraction of sp³-hybridized carbons (Fsp3) is 0.333. The van der Waals surface area contributed by atoms with E-state index in [2.05, 4.69) is 15.2 Å². The van der Waals surface area contributed by atoms with Crippen LogP contribution in [0.5, 0.6) is 0 Å². The molecule has 0 amide bonds. The summed E-state index contributed by atoms with van der Waals surface area (Å²) in [6, 6.07) is 0. The van der Waals surface area contributed by atoms with Gasteiger partial charge in [-0.25, -0.2) is 0 Å². The number of aromatic amines is 1. The molecule has 1 N–H and O–H groups in total. The van der Waals surface area contributed by atoms with E-state index in [9.17, 15) is 4.79 Å². The van der Waals surface area contributed by atoms with E-state index in [1.165, 1.54) is 9.36 Å². The summed E-state index contributed by atoms with van der Waals surface area (Å²) in [6.45, 7) is 0. The van der Waals surface area contributed by atoms with Crippen LogP contribution in [0.2, 0.25) is 0 Å². The summed E-state index contributed by atoms with van der Waals surface area (Å²) in [5.41, 5.74) is 0.665. The second kappa shape index (κ2) is 2.49. The van der Waals surface area contributed by atoms with Crippen LogP contribution in [0, 0.1) is 0 Å². The lowest BCUT2D eigenvalue weighted by atomic mass is 10.5. The molecular weight excluding hydrogens is 190 g/mol. The van der Waals surface area contributed by atoms with Crippen molar-refractivity contribution >= 4 is 23.8 Å². The minimum atomic E-state index is -0.259. The van der Waals surface area contributed by atoms with Gasteiger partial charge in [-0.1, -0.05) is 0 Å². The number of fused-ring (bicyclic) bond motifs is 1. The molecule has 2 aromatic heterocycles. The molecule has 0 aliphatic carbocycles. The van der Waals surface area contributed by atoms with Crippen LogP contribution in [-0.4, -0.2) is 19.9 Å². The molecule has 6 nitrogen and oxygen atoms in total. The summed E-state index contributed by atoms with van der Waals surface area (Å²) in [7, 11) is 3.39.